The van der Waals surface area contributed by atoms with Gasteiger partial charge >= 0.3 is 5.97 Å². The maximum atomic E-state index is 11.9. The lowest BCUT2D eigenvalue weighted by Gasteiger charge is -2.13. The van der Waals surface area contributed by atoms with Gasteiger partial charge in [-0.3, -0.25) is 14.5 Å². The lowest BCUT2D eigenvalue weighted by atomic mass is 10.2. The van der Waals surface area contributed by atoms with Crippen LogP contribution in [0.1, 0.15) is 23.2 Å². The van der Waals surface area contributed by atoms with Gasteiger partial charge in [0.25, 0.3) is 5.91 Å². The Bertz CT molecular complexity index is 726. The lowest BCUT2D eigenvalue weighted by molar-refractivity contribution is -0.143. The van der Waals surface area contributed by atoms with Gasteiger partial charge in [-0.1, -0.05) is 0 Å². The molecule has 0 radical (unpaired) electrons. The van der Waals surface area contributed by atoms with E-state index in [4.69, 9.17) is 4.74 Å². The predicted molar refractivity (Wildman–Crippen MR) is 75.4 cm³/mol. The maximum Gasteiger partial charge on any atom is 0.338 e. The van der Waals surface area contributed by atoms with Crippen LogP contribution in [0.15, 0.2) is 30.6 Å². The minimum atomic E-state index is -0.631. The fourth-order valence-corrected chi connectivity index (χ4v) is 2.23. The Labute approximate surface area is 130 Å². The van der Waals surface area contributed by atoms with Gasteiger partial charge in [-0.25, -0.2) is 9.48 Å². The summed E-state index contributed by atoms with van der Waals surface area (Å²) in [6.45, 7) is -0.0603. The summed E-state index contributed by atoms with van der Waals surface area (Å²) in [6.07, 6.45) is 2.44. The van der Waals surface area contributed by atoms with Crippen LogP contribution in [0.2, 0.25) is 0 Å². The molecule has 3 rings (SSSR count). The molecule has 1 aromatic heterocycles. The fourth-order valence-electron chi connectivity index (χ4n) is 2.23. The van der Waals surface area contributed by atoms with Crippen LogP contribution in [0.5, 0.6) is 0 Å². The predicted octanol–water partition coefficient (Wildman–Crippen LogP) is -0.0319. The van der Waals surface area contributed by atoms with Crippen molar-refractivity contribution in [2.75, 3.05) is 13.2 Å². The van der Waals surface area contributed by atoms with Crippen LogP contribution in [0.3, 0.4) is 0 Å². The van der Waals surface area contributed by atoms with Crippen molar-refractivity contribution in [1.82, 2.24) is 25.1 Å². The highest BCUT2D eigenvalue weighted by Crippen LogP contribution is 2.11. The van der Waals surface area contributed by atoms with Gasteiger partial charge in [-0.05, 0) is 41.1 Å². The molecule has 2 amide bonds. The maximum absolute atomic E-state index is 11.9. The van der Waals surface area contributed by atoms with Gasteiger partial charge in [0.05, 0.1) is 11.3 Å². The van der Waals surface area contributed by atoms with Crippen molar-refractivity contribution in [3.8, 4) is 5.69 Å². The van der Waals surface area contributed by atoms with Crippen LogP contribution >= 0.6 is 0 Å². The number of benzene rings is 1. The minimum Gasteiger partial charge on any atom is -0.452 e. The molecule has 2 heterocycles. The Morgan fingerprint density at radius 1 is 1.22 bits per heavy atom. The van der Waals surface area contributed by atoms with Crippen molar-refractivity contribution in [1.29, 1.82) is 0 Å². The highest BCUT2D eigenvalue weighted by Gasteiger charge is 2.27. The number of imide groups is 1. The summed E-state index contributed by atoms with van der Waals surface area (Å²) in [6, 6.07) is 6.40. The normalized spacial score (nSPS) is 14.1. The Hall–Kier alpha value is -3.10. The molecule has 0 aliphatic carbocycles. The summed E-state index contributed by atoms with van der Waals surface area (Å²) in [4.78, 5) is 36.3. The third-order valence-electron chi connectivity index (χ3n) is 3.42. The molecule has 1 aliphatic rings. The third kappa shape index (κ3) is 3.23. The van der Waals surface area contributed by atoms with E-state index in [1.807, 2.05) is 0 Å². The molecule has 1 fully saturated rings. The molecular weight excluding hydrogens is 302 g/mol. The average Bonchev–Trinajstić information content (AvgIpc) is 3.24. The van der Waals surface area contributed by atoms with Gasteiger partial charge in [0, 0.05) is 13.0 Å². The number of nitrogens with zero attached hydrogens (tertiary/aromatic N) is 5. The standard InChI is InChI=1S/C14H13N5O4/c20-12-2-1-7-18(12)13(21)8-23-14(22)10-3-5-11(6-4-10)19-9-15-16-17-19/h3-6,9H,1-2,7-8H2. The molecule has 23 heavy (non-hydrogen) atoms. The van der Waals surface area contributed by atoms with Crippen molar-refractivity contribution >= 4 is 17.8 Å². The number of hydrogen-bond acceptors (Lipinski definition) is 7. The Morgan fingerprint density at radius 2 is 2.00 bits per heavy atom. The second kappa shape index (κ2) is 6.34. The van der Waals surface area contributed by atoms with Gasteiger partial charge in [0.1, 0.15) is 6.33 Å². The quantitative estimate of drug-likeness (QED) is 0.729. The Balaban J connectivity index is 1.58. The molecule has 0 atom stereocenters. The number of tetrazole rings is 1. The van der Waals surface area contributed by atoms with Gasteiger partial charge in [-0.2, -0.15) is 0 Å². The zero-order chi connectivity index (χ0) is 16.2. The second-order valence-corrected chi connectivity index (χ2v) is 4.92. The van der Waals surface area contributed by atoms with Crippen LogP contribution < -0.4 is 0 Å². The van der Waals surface area contributed by atoms with Crippen molar-refractivity contribution < 1.29 is 19.1 Å². The van der Waals surface area contributed by atoms with Gasteiger partial charge in [-0.15, -0.1) is 5.10 Å². The van der Waals surface area contributed by atoms with Crippen molar-refractivity contribution in [3.63, 3.8) is 0 Å². The largest absolute Gasteiger partial charge is 0.452 e. The van der Waals surface area contributed by atoms with E-state index in [1.165, 1.54) is 11.0 Å². The van der Waals surface area contributed by atoms with Crippen LogP contribution in [0.25, 0.3) is 5.69 Å². The number of carbonyl (C=O) groups excluding carboxylic acids is 3. The van der Waals surface area contributed by atoms with Crippen LogP contribution in [-0.2, 0) is 14.3 Å². The van der Waals surface area contributed by atoms with E-state index in [0.717, 1.165) is 4.90 Å². The molecule has 1 aliphatic heterocycles. The van der Waals surface area contributed by atoms with E-state index in [9.17, 15) is 14.4 Å². The second-order valence-electron chi connectivity index (χ2n) is 4.92. The summed E-state index contributed by atoms with van der Waals surface area (Å²) in [5.74, 6) is -1.35. The molecule has 9 nitrogen and oxygen atoms in total. The first-order chi connectivity index (χ1) is 11.1. The van der Waals surface area contributed by atoms with Crippen LogP contribution in [0, 0.1) is 0 Å². The first kappa shape index (κ1) is 14.8. The molecule has 0 unspecified atom stereocenters. The Kier molecular flexibility index (Phi) is 4.09. The number of ether oxygens (including phenoxy) is 1. The highest BCUT2D eigenvalue weighted by atomic mass is 16.5. The average molecular weight is 315 g/mol. The fraction of sp³-hybridized carbons (Fsp3) is 0.286. The molecule has 1 saturated heterocycles. The number of amides is 2. The molecule has 9 heteroatoms. The molecule has 0 bridgehead atoms. The van der Waals surface area contributed by atoms with Crippen molar-refractivity contribution in [2.24, 2.45) is 0 Å². The zero-order valence-electron chi connectivity index (χ0n) is 12.1. The van der Waals surface area contributed by atoms with E-state index >= 15 is 0 Å². The number of hydrogen-bond donors (Lipinski definition) is 0. The van der Waals surface area contributed by atoms with Crippen molar-refractivity contribution in [2.45, 2.75) is 12.8 Å². The first-order valence-electron chi connectivity index (χ1n) is 6.99. The minimum absolute atomic E-state index is 0.225. The number of aromatic nitrogens is 4. The summed E-state index contributed by atoms with van der Waals surface area (Å²) in [5, 5.41) is 10.8. The molecule has 118 valence electrons. The molecule has 1 aromatic carbocycles. The van der Waals surface area contributed by atoms with Crippen molar-refractivity contribution in [3.05, 3.63) is 36.2 Å². The molecule has 0 spiro atoms. The zero-order valence-corrected chi connectivity index (χ0v) is 12.1. The first-order valence-corrected chi connectivity index (χ1v) is 6.99. The summed E-state index contributed by atoms with van der Waals surface area (Å²) < 4.78 is 6.39. The molecule has 0 N–H and O–H groups in total. The van der Waals surface area contributed by atoms with E-state index in [2.05, 4.69) is 15.5 Å². The van der Waals surface area contributed by atoms with Gasteiger partial charge in [0.2, 0.25) is 5.91 Å². The van der Waals surface area contributed by atoms with Crippen LogP contribution in [0.4, 0.5) is 0 Å². The molecule has 2 aromatic rings. The monoisotopic (exact) mass is 315 g/mol. The topological polar surface area (TPSA) is 107 Å². The molecular formula is C14H13N5O4. The van der Waals surface area contributed by atoms with E-state index in [1.54, 1.807) is 24.3 Å². The van der Waals surface area contributed by atoms with Gasteiger partial charge in [0.15, 0.2) is 6.61 Å². The van der Waals surface area contributed by atoms with Gasteiger partial charge < -0.3 is 4.74 Å². The number of esters is 1. The third-order valence-corrected chi connectivity index (χ3v) is 3.42. The van der Waals surface area contributed by atoms with E-state index in [-0.39, 0.29) is 5.91 Å². The summed E-state index contributed by atoms with van der Waals surface area (Å²) in [7, 11) is 0. The van der Waals surface area contributed by atoms with Crippen LogP contribution in [-0.4, -0.2) is 56.0 Å². The molecule has 0 saturated carbocycles. The lowest BCUT2D eigenvalue weighted by Crippen LogP contribution is -2.35. The summed E-state index contributed by atoms with van der Waals surface area (Å²) in [5.41, 5.74) is 0.979. The summed E-state index contributed by atoms with van der Waals surface area (Å²) >= 11 is 0. The number of likely N-dealkylation sites (tertiary alicyclic amines) is 1. The van der Waals surface area contributed by atoms with E-state index in [0.29, 0.717) is 30.6 Å². The van der Waals surface area contributed by atoms with E-state index < -0.39 is 18.5 Å². The number of carbonyl (C=O) groups is 3. The number of rotatable bonds is 4. The smallest absolute Gasteiger partial charge is 0.338 e. The Morgan fingerprint density at radius 3 is 2.61 bits per heavy atom. The SMILES string of the molecule is O=C(OCC(=O)N1CCCC1=O)c1ccc(-n2cnnn2)cc1. The highest BCUT2D eigenvalue weighted by molar-refractivity contribution is 5.98.